The maximum Gasteiger partial charge on any atom is 0.307 e. The third-order valence-corrected chi connectivity index (χ3v) is 6.19. The van der Waals surface area contributed by atoms with E-state index in [0.717, 1.165) is 0 Å². The highest BCUT2D eigenvalue weighted by molar-refractivity contribution is 6.35. The van der Waals surface area contributed by atoms with Gasteiger partial charge in [-0.25, -0.2) is 0 Å². The van der Waals surface area contributed by atoms with Crippen molar-refractivity contribution in [2.24, 2.45) is 0 Å². The Kier molecular flexibility index (Phi) is 8.31. The zero-order valence-electron chi connectivity index (χ0n) is 18.8. The molecule has 1 aromatic heterocycles. The van der Waals surface area contributed by atoms with Crippen LogP contribution in [-0.2, 0) is 11.2 Å². The Morgan fingerprint density at radius 1 is 0.944 bits per heavy atom. The molecular weight excluding hydrogens is 525 g/mol. The highest BCUT2D eigenvalue weighted by Gasteiger charge is 2.26. The number of aromatic nitrogens is 1. The minimum Gasteiger partial charge on any atom is -0.492 e. The van der Waals surface area contributed by atoms with Crippen LogP contribution in [-0.4, -0.2) is 28.6 Å². The second-order valence-electron chi connectivity index (χ2n) is 7.94. The van der Waals surface area contributed by atoms with E-state index in [1.807, 2.05) is 30.3 Å². The number of carboxylic acid groups (broad SMARTS) is 1. The van der Waals surface area contributed by atoms with E-state index in [4.69, 9.17) is 49.2 Å². The molecule has 6 nitrogen and oxygen atoms in total. The van der Waals surface area contributed by atoms with Gasteiger partial charge in [0.05, 0.1) is 28.6 Å². The Labute approximate surface area is 222 Å². The summed E-state index contributed by atoms with van der Waals surface area (Å²) < 4.78 is 11.3. The Bertz CT molecular complexity index is 1400. The van der Waals surface area contributed by atoms with Crippen molar-refractivity contribution in [1.29, 1.82) is 0 Å². The number of ether oxygens (including phenoxy) is 1. The van der Waals surface area contributed by atoms with Crippen LogP contribution in [0.4, 0.5) is 0 Å². The first-order valence-electron chi connectivity index (χ1n) is 11.0. The van der Waals surface area contributed by atoms with Crippen LogP contribution in [0.3, 0.4) is 0 Å². The van der Waals surface area contributed by atoms with Crippen LogP contribution >= 0.6 is 34.8 Å². The van der Waals surface area contributed by atoms with Gasteiger partial charge in [-0.3, -0.25) is 9.59 Å². The number of aliphatic carboxylic acids is 1. The molecule has 4 aromatic rings. The van der Waals surface area contributed by atoms with Crippen LogP contribution < -0.4 is 4.74 Å². The molecule has 36 heavy (non-hydrogen) atoms. The summed E-state index contributed by atoms with van der Waals surface area (Å²) in [7, 11) is 0. The standard InChI is InChI=1S/C27H20Cl3NO5/c28-18-9-11-23(21(30)15-18)35-12-4-7-22(32)25-26(31-36-27(25)17-5-2-1-3-6-17)19-10-8-16(13-20(19)29)14-24(33)34/h1-3,5-6,8-11,13,15H,4,7,12,14H2,(H,33,34). The van der Waals surface area contributed by atoms with Crippen LogP contribution in [0.2, 0.25) is 15.1 Å². The fraction of sp³-hybridized carbons (Fsp3) is 0.148. The lowest BCUT2D eigenvalue weighted by Gasteiger charge is -2.09. The molecule has 1 N–H and O–H groups in total. The van der Waals surface area contributed by atoms with Crippen LogP contribution in [0.5, 0.6) is 5.75 Å². The maximum atomic E-state index is 13.4. The summed E-state index contributed by atoms with van der Waals surface area (Å²) in [6.45, 7) is 0.263. The first-order valence-corrected chi connectivity index (χ1v) is 12.1. The first-order chi connectivity index (χ1) is 17.3. The van der Waals surface area contributed by atoms with Crippen molar-refractivity contribution in [3.8, 4) is 28.3 Å². The SMILES string of the molecule is O=C(O)Cc1ccc(-c2noc(-c3ccccc3)c2C(=O)CCCOc2ccc(Cl)cc2Cl)c(Cl)c1. The number of ketones is 1. The molecule has 184 valence electrons. The molecule has 0 aliphatic heterocycles. The summed E-state index contributed by atoms with van der Waals surface area (Å²) in [6.07, 6.45) is 0.410. The van der Waals surface area contributed by atoms with Crippen molar-refractivity contribution in [2.45, 2.75) is 19.3 Å². The summed E-state index contributed by atoms with van der Waals surface area (Å²) in [5.41, 5.74) is 2.31. The molecule has 4 rings (SSSR count). The first kappa shape index (κ1) is 25.8. The van der Waals surface area contributed by atoms with E-state index in [1.54, 1.807) is 36.4 Å². The van der Waals surface area contributed by atoms with Gasteiger partial charge < -0.3 is 14.4 Å². The maximum absolute atomic E-state index is 13.4. The molecule has 0 radical (unpaired) electrons. The van der Waals surface area contributed by atoms with Gasteiger partial charge in [0.25, 0.3) is 0 Å². The molecule has 3 aromatic carbocycles. The third-order valence-electron chi connectivity index (χ3n) is 5.35. The van der Waals surface area contributed by atoms with Crippen molar-refractivity contribution in [3.05, 3.63) is 92.9 Å². The quantitative estimate of drug-likeness (QED) is 0.163. The lowest BCUT2D eigenvalue weighted by molar-refractivity contribution is -0.136. The van der Waals surface area contributed by atoms with E-state index in [2.05, 4.69) is 5.16 Å². The van der Waals surface area contributed by atoms with Gasteiger partial charge in [-0.1, -0.05) is 82.4 Å². The molecule has 0 unspecified atom stereocenters. The van der Waals surface area contributed by atoms with Gasteiger partial charge in [-0.15, -0.1) is 0 Å². The van der Waals surface area contributed by atoms with Crippen molar-refractivity contribution in [3.63, 3.8) is 0 Å². The number of hydrogen-bond donors (Lipinski definition) is 1. The summed E-state index contributed by atoms with van der Waals surface area (Å²) >= 11 is 18.5. The number of carbonyl (C=O) groups is 2. The fourth-order valence-electron chi connectivity index (χ4n) is 3.69. The highest BCUT2D eigenvalue weighted by Crippen LogP contribution is 2.37. The van der Waals surface area contributed by atoms with Gasteiger partial charge in [-0.2, -0.15) is 0 Å². The lowest BCUT2D eigenvalue weighted by atomic mass is 9.96. The van der Waals surface area contributed by atoms with Crippen molar-refractivity contribution in [1.82, 2.24) is 5.16 Å². The Morgan fingerprint density at radius 3 is 2.42 bits per heavy atom. The topological polar surface area (TPSA) is 89.6 Å². The number of Topliss-reactive ketones (excluding diaryl/α,β-unsaturated/α-hetero) is 1. The van der Waals surface area contributed by atoms with Crippen LogP contribution in [0.25, 0.3) is 22.6 Å². The molecular formula is C27H20Cl3NO5. The number of nitrogens with zero attached hydrogens (tertiary/aromatic N) is 1. The molecule has 1 heterocycles. The average molecular weight is 545 g/mol. The van der Waals surface area contributed by atoms with Crippen molar-refractivity contribution >= 4 is 46.6 Å². The van der Waals surface area contributed by atoms with E-state index >= 15 is 0 Å². The predicted molar refractivity (Wildman–Crippen MR) is 139 cm³/mol. The van der Waals surface area contributed by atoms with Gasteiger partial charge in [0, 0.05) is 22.6 Å². The number of carbonyl (C=O) groups excluding carboxylic acids is 1. The molecule has 0 aliphatic rings. The van der Waals surface area contributed by atoms with E-state index in [9.17, 15) is 9.59 Å². The summed E-state index contributed by atoms with van der Waals surface area (Å²) in [5.74, 6) is -0.341. The molecule has 0 fully saturated rings. The van der Waals surface area contributed by atoms with E-state index < -0.39 is 5.97 Å². The van der Waals surface area contributed by atoms with Gasteiger partial charge in [0.2, 0.25) is 0 Å². The van der Waals surface area contributed by atoms with Crippen LogP contribution in [0.1, 0.15) is 28.8 Å². The Morgan fingerprint density at radius 2 is 1.72 bits per heavy atom. The minimum atomic E-state index is -0.968. The van der Waals surface area contributed by atoms with Gasteiger partial charge in [0.1, 0.15) is 11.4 Å². The Balaban J connectivity index is 1.59. The van der Waals surface area contributed by atoms with E-state index in [0.29, 0.717) is 55.9 Å². The molecule has 0 bridgehead atoms. The smallest absolute Gasteiger partial charge is 0.307 e. The van der Waals surface area contributed by atoms with Crippen LogP contribution in [0, 0.1) is 0 Å². The lowest BCUT2D eigenvalue weighted by Crippen LogP contribution is -2.06. The van der Waals surface area contributed by atoms with Gasteiger partial charge >= 0.3 is 5.97 Å². The predicted octanol–water partition coefficient (Wildman–Crippen LogP) is 7.64. The molecule has 0 spiro atoms. The molecule has 9 heteroatoms. The van der Waals surface area contributed by atoms with Crippen LogP contribution in [0.15, 0.2) is 71.3 Å². The Hall–Kier alpha value is -3.32. The van der Waals surface area contributed by atoms with Crippen molar-refractivity contribution < 1.29 is 24.0 Å². The number of benzene rings is 3. The second kappa shape index (κ2) is 11.6. The number of rotatable bonds is 10. The highest BCUT2D eigenvalue weighted by atomic mass is 35.5. The molecule has 0 amide bonds. The third kappa shape index (κ3) is 6.08. The zero-order chi connectivity index (χ0) is 25.7. The summed E-state index contributed by atoms with van der Waals surface area (Å²) in [5, 5.41) is 14.4. The monoisotopic (exact) mass is 543 g/mol. The van der Waals surface area contributed by atoms with E-state index in [1.165, 1.54) is 0 Å². The normalized spacial score (nSPS) is 10.9. The average Bonchev–Trinajstić information content (AvgIpc) is 3.28. The van der Waals surface area contributed by atoms with Gasteiger partial charge in [0.15, 0.2) is 11.5 Å². The zero-order valence-corrected chi connectivity index (χ0v) is 21.1. The number of halogens is 3. The van der Waals surface area contributed by atoms with Crippen molar-refractivity contribution in [2.75, 3.05) is 6.61 Å². The molecule has 0 aliphatic carbocycles. The minimum absolute atomic E-state index is 0.161. The largest absolute Gasteiger partial charge is 0.492 e. The fourth-order valence-corrected chi connectivity index (χ4v) is 4.44. The number of carboxylic acids is 1. The second-order valence-corrected chi connectivity index (χ2v) is 9.19. The summed E-state index contributed by atoms with van der Waals surface area (Å²) in [6, 6.07) is 19.0. The molecule has 0 saturated carbocycles. The molecule has 0 saturated heterocycles. The summed E-state index contributed by atoms with van der Waals surface area (Å²) in [4.78, 5) is 24.5. The number of hydrogen-bond acceptors (Lipinski definition) is 5. The van der Waals surface area contributed by atoms with Gasteiger partial charge in [-0.05, 0) is 36.2 Å². The van der Waals surface area contributed by atoms with E-state index in [-0.39, 0.29) is 30.3 Å². The molecule has 0 atom stereocenters.